The SMILES string of the molecule is CC1CCCC(CO)(Nc2ncccc2C(N)=O)C1. The molecule has 1 heterocycles. The number of aliphatic hydroxyl groups excluding tert-OH is 1. The average Bonchev–Trinajstić information content (AvgIpc) is 2.39. The molecule has 1 saturated carbocycles. The van der Waals surface area contributed by atoms with Crippen molar-refractivity contribution in [2.24, 2.45) is 11.7 Å². The first-order chi connectivity index (χ1) is 9.06. The lowest BCUT2D eigenvalue weighted by Gasteiger charge is -2.40. The smallest absolute Gasteiger partial charge is 0.252 e. The number of rotatable bonds is 4. The van der Waals surface area contributed by atoms with E-state index >= 15 is 0 Å². The van der Waals surface area contributed by atoms with Crippen molar-refractivity contribution in [2.45, 2.75) is 38.1 Å². The standard InChI is InChI=1S/C14H21N3O2/c1-10-4-2-6-14(8-10,9-18)17-13-11(12(15)19)5-3-7-16-13/h3,5,7,10,18H,2,4,6,8-9H2,1H3,(H2,15,19)(H,16,17). The van der Waals surface area contributed by atoms with Gasteiger partial charge in [0.25, 0.3) is 5.91 Å². The maximum Gasteiger partial charge on any atom is 0.252 e. The molecule has 1 aliphatic rings. The van der Waals surface area contributed by atoms with Crippen LogP contribution in [0.4, 0.5) is 5.82 Å². The number of carbonyl (C=O) groups is 1. The van der Waals surface area contributed by atoms with Crippen molar-refractivity contribution in [3.8, 4) is 0 Å². The van der Waals surface area contributed by atoms with E-state index in [4.69, 9.17) is 5.73 Å². The second kappa shape index (κ2) is 5.57. The Labute approximate surface area is 113 Å². The molecule has 0 bridgehead atoms. The van der Waals surface area contributed by atoms with Gasteiger partial charge in [0.05, 0.1) is 17.7 Å². The molecule has 0 aromatic carbocycles. The molecular weight excluding hydrogens is 242 g/mol. The lowest BCUT2D eigenvalue weighted by molar-refractivity contribution is 0.1000. The van der Waals surface area contributed by atoms with Crippen LogP contribution in [0.15, 0.2) is 18.3 Å². The van der Waals surface area contributed by atoms with Crippen molar-refractivity contribution in [3.63, 3.8) is 0 Å². The summed E-state index contributed by atoms with van der Waals surface area (Å²) in [5, 5.41) is 13.0. The molecule has 0 radical (unpaired) electrons. The van der Waals surface area contributed by atoms with Crippen LogP contribution in [0.2, 0.25) is 0 Å². The highest BCUT2D eigenvalue weighted by molar-refractivity contribution is 5.97. The van der Waals surface area contributed by atoms with Crippen LogP contribution >= 0.6 is 0 Å². The number of aliphatic hydroxyl groups is 1. The van der Waals surface area contributed by atoms with Gasteiger partial charge in [-0.2, -0.15) is 0 Å². The largest absolute Gasteiger partial charge is 0.394 e. The van der Waals surface area contributed by atoms with Gasteiger partial charge in [-0.1, -0.05) is 19.8 Å². The number of hydrogen-bond donors (Lipinski definition) is 3. The Balaban J connectivity index is 2.25. The minimum absolute atomic E-state index is 0.0338. The second-order valence-electron chi connectivity index (χ2n) is 5.53. The zero-order valence-electron chi connectivity index (χ0n) is 11.2. The Morgan fingerprint density at radius 3 is 3.11 bits per heavy atom. The van der Waals surface area contributed by atoms with Crippen LogP contribution < -0.4 is 11.1 Å². The van der Waals surface area contributed by atoms with Crippen molar-refractivity contribution in [2.75, 3.05) is 11.9 Å². The van der Waals surface area contributed by atoms with E-state index in [1.807, 2.05) is 0 Å². The summed E-state index contributed by atoms with van der Waals surface area (Å²) in [5.74, 6) is 0.514. The van der Waals surface area contributed by atoms with Crippen LogP contribution in [-0.2, 0) is 0 Å². The topological polar surface area (TPSA) is 88.2 Å². The van der Waals surface area contributed by atoms with Gasteiger partial charge >= 0.3 is 0 Å². The highest BCUT2D eigenvalue weighted by Gasteiger charge is 2.35. The number of nitrogens with two attached hydrogens (primary N) is 1. The average molecular weight is 263 g/mol. The molecule has 19 heavy (non-hydrogen) atoms. The number of hydrogen-bond acceptors (Lipinski definition) is 4. The highest BCUT2D eigenvalue weighted by atomic mass is 16.3. The molecule has 5 heteroatoms. The van der Waals surface area contributed by atoms with Crippen molar-refractivity contribution in [1.29, 1.82) is 0 Å². The van der Waals surface area contributed by atoms with E-state index in [1.54, 1.807) is 18.3 Å². The molecule has 5 nitrogen and oxygen atoms in total. The summed E-state index contributed by atoms with van der Waals surface area (Å²) in [5.41, 5.74) is 5.33. The predicted molar refractivity (Wildman–Crippen MR) is 73.8 cm³/mol. The van der Waals surface area contributed by atoms with E-state index in [2.05, 4.69) is 17.2 Å². The van der Waals surface area contributed by atoms with E-state index in [9.17, 15) is 9.90 Å². The fourth-order valence-corrected chi connectivity index (χ4v) is 2.91. The fraction of sp³-hybridized carbons (Fsp3) is 0.571. The first kappa shape index (κ1) is 13.8. The molecule has 1 amide bonds. The third-order valence-electron chi connectivity index (χ3n) is 3.85. The third kappa shape index (κ3) is 3.04. The number of anilines is 1. The molecule has 0 saturated heterocycles. The summed E-state index contributed by atoms with van der Waals surface area (Å²) in [6.45, 7) is 2.21. The molecule has 1 fully saturated rings. The molecular formula is C14H21N3O2. The summed E-state index contributed by atoms with van der Waals surface area (Å²) in [6.07, 6.45) is 5.61. The van der Waals surface area contributed by atoms with Gasteiger partial charge in [-0.15, -0.1) is 0 Å². The number of nitrogens with one attached hydrogen (secondary N) is 1. The predicted octanol–water partition coefficient (Wildman–Crippen LogP) is 1.53. The van der Waals surface area contributed by atoms with Gasteiger partial charge < -0.3 is 16.2 Å². The number of carbonyl (C=O) groups excluding carboxylic acids is 1. The summed E-state index contributed by atoms with van der Waals surface area (Å²) in [4.78, 5) is 15.6. The Hall–Kier alpha value is -1.62. The van der Waals surface area contributed by atoms with E-state index in [-0.39, 0.29) is 6.61 Å². The van der Waals surface area contributed by atoms with Crippen LogP contribution in [-0.4, -0.2) is 28.1 Å². The lowest BCUT2D eigenvalue weighted by atomic mass is 9.77. The Bertz CT molecular complexity index is 464. The first-order valence-electron chi connectivity index (χ1n) is 6.70. The van der Waals surface area contributed by atoms with Gasteiger partial charge in [-0.3, -0.25) is 4.79 Å². The Kier molecular flexibility index (Phi) is 4.04. The van der Waals surface area contributed by atoms with Gasteiger partial charge in [-0.25, -0.2) is 4.98 Å². The van der Waals surface area contributed by atoms with Crippen molar-refractivity contribution in [1.82, 2.24) is 4.98 Å². The van der Waals surface area contributed by atoms with Crippen LogP contribution in [0.3, 0.4) is 0 Å². The van der Waals surface area contributed by atoms with E-state index in [0.29, 0.717) is 17.3 Å². The molecule has 2 unspecified atom stereocenters. The third-order valence-corrected chi connectivity index (χ3v) is 3.85. The summed E-state index contributed by atoms with van der Waals surface area (Å²) < 4.78 is 0. The van der Waals surface area contributed by atoms with E-state index in [0.717, 1.165) is 19.3 Å². The molecule has 0 spiro atoms. The van der Waals surface area contributed by atoms with E-state index in [1.165, 1.54) is 6.42 Å². The van der Waals surface area contributed by atoms with Crippen molar-refractivity contribution in [3.05, 3.63) is 23.9 Å². The maximum absolute atomic E-state index is 11.4. The van der Waals surface area contributed by atoms with Gasteiger partial charge in [0.15, 0.2) is 0 Å². The molecule has 1 aromatic rings. The number of primary amides is 1. The quantitative estimate of drug-likeness (QED) is 0.768. The number of nitrogens with zero attached hydrogens (tertiary/aromatic N) is 1. The number of amides is 1. The van der Waals surface area contributed by atoms with Crippen molar-refractivity contribution >= 4 is 11.7 Å². The van der Waals surface area contributed by atoms with Crippen LogP contribution in [0.5, 0.6) is 0 Å². The van der Waals surface area contributed by atoms with Gasteiger partial charge in [0.1, 0.15) is 5.82 Å². The monoisotopic (exact) mass is 263 g/mol. The molecule has 2 rings (SSSR count). The minimum Gasteiger partial charge on any atom is -0.394 e. The minimum atomic E-state index is -0.507. The lowest BCUT2D eigenvalue weighted by Crippen LogP contribution is -2.46. The Morgan fingerprint density at radius 1 is 1.68 bits per heavy atom. The zero-order valence-corrected chi connectivity index (χ0v) is 11.2. The Morgan fingerprint density at radius 2 is 2.47 bits per heavy atom. The van der Waals surface area contributed by atoms with Gasteiger partial charge in [-0.05, 0) is 30.9 Å². The van der Waals surface area contributed by atoms with Crippen LogP contribution in [0.1, 0.15) is 43.0 Å². The zero-order chi connectivity index (χ0) is 13.9. The molecule has 0 aliphatic heterocycles. The maximum atomic E-state index is 11.4. The molecule has 1 aromatic heterocycles. The summed E-state index contributed by atoms with van der Waals surface area (Å²) in [6, 6.07) is 3.33. The summed E-state index contributed by atoms with van der Waals surface area (Å²) >= 11 is 0. The number of pyridine rings is 1. The second-order valence-corrected chi connectivity index (χ2v) is 5.53. The van der Waals surface area contributed by atoms with Gasteiger partial charge in [0, 0.05) is 6.20 Å². The molecule has 104 valence electrons. The first-order valence-corrected chi connectivity index (χ1v) is 6.70. The van der Waals surface area contributed by atoms with Crippen LogP contribution in [0, 0.1) is 5.92 Å². The molecule has 2 atom stereocenters. The normalized spacial score (nSPS) is 26.9. The number of aromatic nitrogens is 1. The molecule has 4 N–H and O–H groups in total. The molecule has 1 aliphatic carbocycles. The van der Waals surface area contributed by atoms with Gasteiger partial charge in [0.2, 0.25) is 0 Å². The highest BCUT2D eigenvalue weighted by Crippen LogP contribution is 2.34. The summed E-state index contributed by atoms with van der Waals surface area (Å²) in [7, 11) is 0. The fourth-order valence-electron chi connectivity index (χ4n) is 2.91. The van der Waals surface area contributed by atoms with Crippen molar-refractivity contribution < 1.29 is 9.90 Å². The van der Waals surface area contributed by atoms with Crippen LogP contribution in [0.25, 0.3) is 0 Å². The van der Waals surface area contributed by atoms with E-state index < -0.39 is 11.4 Å².